The molecule has 2 rings (SSSR count). The zero-order valence-electron chi connectivity index (χ0n) is 17.0. The number of aryl methyl sites for hydroxylation is 1. The molecule has 2 aromatic rings. The molecule has 0 spiro atoms. The summed E-state index contributed by atoms with van der Waals surface area (Å²) in [6.07, 6.45) is 0.536. The lowest BCUT2D eigenvalue weighted by Crippen LogP contribution is -2.23. The van der Waals surface area contributed by atoms with Gasteiger partial charge in [-0.25, -0.2) is 13.6 Å². The number of sulfonamides is 1. The third-order valence-corrected chi connectivity index (χ3v) is 6.01. The van der Waals surface area contributed by atoms with Gasteiger partial charge in [0.05, 0.1) is 10.1 Å². The van der Waals surface area contributed by atoms with Crippen molar-refractivity contribution in [2.75, 3.05) is 5.32 Å². The highest BCUT2D eigenvalue weighted by atomic mass is 32.2. The summed E-state index contributed by atoms with van der Waals surface area (Å²) in [7, 11) is -3.87. The van der Waals surface area contributed by atoms with E-state index in [1.807, 2.05) is 18.4 Å². The number of nitrogens with zero attached hydrogens (tertiary/aromatic N) is 3. The van der Waals surface area contributed by atoms with E-state index >= 15 is 0 Å². The number of benzene rings is 1. The molecule has 1 heterocycles. The minimum atomic E-state index is -3.87. The van der Waals surface area contributed by atoms with Crippen LogP contribution < -0.4 is 16.2 Å². The Bertz CT molecular complexity index is 1020. The summed E-state index contributed by atoms with van der Waals surface area (Å²) in [5, 5.41) is 16.2. The molecule has 12 heteroatoms. The number of anilines is 1. The summed E-state index contributed by atoms with van der Waals surface area (Å²) < 4.78 is 24.9. The van der Waals surface area contributed by atoms with Crippen LogP contribution in [0.25, 0.3) is 0 Å². The Morgan fingerprint density at radius 1 is 1.23 bits per heavy atom. The zero-order chi connectivity index (χ0) is 22.5. The van der Waals surface area contributed by atoms with Gasteiger partial charge in [-0.2, -0.15) is 0 Å². The van der Waals surface area contributed by atoms with E-state index in [0.29, 0.717) is 35.6 Å². The summed E-state index contributed by atoms with van der Waals surface area (Å²) >= 11 is 1.22. The van der Waals surface area contributed by atoms with Gasteiger partial charge in [-0.15, -0.1) is 10.2 Å². The van der Waals surface area contributed by atoms with Crippen molar-refractivity contribution >= 4 is 39.3 Å². The maximum Gasteiger partial charge on any atom is 0.238 e. The van der Waals surface area contributed by atoms with E-state index < -0.39 is 21.2 Å². The molecule has 5 N–H and O–H groups in total. The maximum absolute atomic E-state index is 12.6. The summed E-state index contributed by atoms with van der Waals surface area (Å²) in [5.74, 6) is 0.193. The molecule has 1 atom stereocenters. The van der Waals surface area contributed by atoms with E-state index in [1.165, 1.54) is 30.0 Å². The lowest BCUT2D eigenvalue weighted by Gasteiger charge is -2.15. The van der Waals surface area contributed by atoms with Gasteiger partial charge in [0.1, 0.15) is 5.82 Å². The van der Waals surface area contributed by atoms with Gasteiger partial charge in [0.15, 0.2) is 5.16 Å². The van der Waals surface area contributed by atoms with E-state index in [9.17, 15) is 18.0 Å². The van der Waals surface area contributed by atoms with Crippen LogP contribution in [0.2, 0.25) is 0 Å². The summed E-state index contributed by atoms with van der Waals surface area (Å²) in [6.45, 7) is 6.43. The first-order valence-electron chi connectivity index (χ1n) is 9.28. The molecule has 0 aliphatic carbocycles. The topological polar surface area (TPSA) is 163 Å². The number of hydrogen-bond acceptors (Lipinski definition) is 7. The molecule has 0 aliphatic heterocycles. The van der Waals surface area contributed by atoms with Crippen LogP contribution in [-0.2, 0) is 32.6 Å². The first kappa shape index (κ1) is 23.8. The van der Waals surface area contributed by atoms with Gasteiger partial charge in [-0.1, -0.05) is 31.7 Å². The number of primary amides is 1. The number of amides is 2. The number of primary sulfonamides is 1. The molecule has 1 aromatic carbocycles. The lowest BCUT2D eigenvalue weighted by atomic mass is 10.2. The molecule has 0 radical (unpaired) electrons. The van der Waals surface area contributed by atoms with Crippen molar-refractivity contribution < 1.29 is 18.0 Å². The largest absolute Gasteiger partial charge is 0.370 e. The van der Waals surface area contributed by atoms with Crippen LogP contribution in [0.15, 0.2) is 34.3 Å². The first-order chi connectivity index (χ1) is 14.0. The van der Waals surface area contributed by atoms with Crippen LogP contribution in [0.1, 0.15) is 33.0 Å². The Hall–Kier alpha value is -2.44. The Morgan fingerprint density at radius 2 is 1.93 bits per heavy atom. The molecule has 0 aliphatic rings. The maximum atomic E-state index is 12.6. The lowest BCUT2D eigenvalue weighted by molar-refractivity contribution is -0.118. The molecular formula is C18H26N6O4S2. The predicted octanol–water partition coefficient (Wildman–Crippen LogP) is 1.12. The van der Waals surface area contributed by atoms with Gasteiger partial charge in [-0.05, 0) is 31.0 Å². The first-order valence-corrected chi connectivity index (χ1v) is 11.7. The smallest absolute Gasteiger partial charge is 0.238 e. The molecule has 30 heavy (non-hydrogen) atoms. The normalized spacial score (nSPS) is 12.7. The second-order valence-corrected chi connectivity index (χ2v) is 10.1. The van der Waals surface area contributed by atoms with Gasteiger partial charge in [-0.3, -0.25) is 9.59 Å². The van der Waals surface area contributed by atoms with E-state index in [2.05, 4.69) is 15.5 Å². The number of nitrogens with one attached hydrogen (secondary N) is 1. The van der Waals surface area contributed by atoms with Crippen molar-refractivity contribution in [3.05, 3.63) is 30.1 Å². The summed E-state index contributed by atoms with van der Waals surface area (Å²) in [6, 6.07) is 5.73. The van der Waals surface area contributed by atoms with Gasteiger partial charge >= 0.3 is 0 Å². The van der Waals surface area contributed by atoms with Crippen LogP contribution in [0.5, 0.6) is 0 Å². The molecule has 164 valence electrons. The molecule has 1 aromatic heterocycles. The van der Waals surface area contributed by atoms with E-state index in [-0.39, 0.29) is 17.2 Å². The highest BCUT2D eigenvalue weighted by Crippen LogP contribution is 2.25. The fourth-order valence-corrected chi connectivity index (χ4v) is 4.02. The van der Waals surface area contributed by atoms with Gasteiger partial charge in [0.2, 0.25) is 21.8 Å². The minimum Gasteiger partial charge on any atom is -0.370 e. The number of hydrogen-bond donors (Lipinski definition) is 3. The Kier molecular flexibility index (Phi) is 7.98. The van der Waals surface area contributed by atoms with Gasteiger partial charge in [0.25, 0.3) is 0 Å². The van der Waals surface area contributed by atoms with Crippen molar-refractivity contribution in [3.8, 4) is 0 Å². The number of carbonyl (C=O) groups excluding carboxylic acids is 2. The second-order valence-electron chi connectivity index (χ2n) is 7.19. The van der Waals surface area contributed by atoms with E-state index in [0.717, 1.165) is 0 Å². The molecule has 10 nitrogen and oxygen atoms in total. The molecule has 0 saturated heterocycles. The van der Waals surface area contributed by atoms with Crippen molar-refractivity contribution in [1.29, 1.82) is 0 Å². The van der Waals surface area contributed by atoms with E-state index in [1.54, 1.807) is 13.0 Å². The number of rotatable bonds is 10. The molecule has 0 fully saturated rings. The van der Waals surface area contributed by atoms with Crippen LogP contribution in [0.4, 0.5) is 5.69 Å². The molecule has 0 saturated carbocycles. The summed E-state index contributed by atoms with van der Waals surface area (Å²) in [5.41, 5.74) is 5.55. The fourth-order valence-electron chi connectivity index (χ4n) is 2.58. The predicted molar refractivity (Wildman–Crippen MR) is 114 cm³/mol. The Labute approximate surface area is 179 Å². The quantitative estimate of drug-likeness (QED) is 0.453. The molecule has 0 bridgehead atoms. The number of thioether (sulfide) groups is 1. The van der Waals surface area contributed by atoms with Gasteiger partial charge in [0, 0.05) is 25.1 Å². The van der Waals surface area contributed by atoms with E-state index in [4.69, 9.17) is 10.9 Å². The fraction of sp³-hybridized carbons (Fsp3) is 0.444. The molecule has 1 unspecified atom stereocenters. The SMILES string of the molecule is CC(C)Cn1c(CCC(N)=O)nnc1SC(C)C(=O)Nc1cccc(S(N)(=O)=O)c1. The minimum absolute atomic E-state index is 0.0867. The second kappa shape index (κ2) is 10.0. The highest BCUT2D eigenvalue weighted by Gasteiger charge is 2.21. The number of nitrogens with two attached hydrogens (primary N) is 2. The van der Waals surface area contributed by atoms with Crippen molar-refractivity contribution in [2.24, 2.45) is 16.8 Å². The van der Waals surface area contributed by atoms with Gasteiger partial charge < -0.3 is 15.6 Å². The Morgan fingerprint density at radius 3 is 2.53 bits per heavy atom. The van der Waals surface area contributed by atoms with Crippen LogP contribution >= 0.6 is 11.8 Å². The monoisotopic (exact) mass is 454 g/mol. The van der Waals surface area contributed by atoms with Crippen molar-refractivity contribution in [1.82, 2.24) is 14.8 Å². The third-order valence-electron chi connectivity index (χ3n) is 4.02. The molecule has 2 amide bonds. The number of carbonyl (C=O) groups is 2. The average Bonchev–Trinajstić information content (AvgIpc) is 3.00. The number of aromatic nitrogens is 3. The average molecular weight is 455 g/mol. The third kappa shape index (κ3) is 6.82. The standard InChI is InChI=1S/C18H26N6O4S2/c1-11(2)10-24-16(8-7-15(19)25)22-23-18(24)29-12(3)17(26)21-13-5-4-6-14(9-13)30(20,27)28/h4-6,9,11-12H,7-8,10H2,1-3H3,(H2,19,25)(H,21,26)(H2,20,27,28). The van der Waals surface area contributed by atoms with Crippen LogP contribution in [0.3, 0.4) is 0 Å². The Balaban J connectivity index is 2.13. The van der Waals surface area contributed by atoms with Crippen LogP contribution in [0, 0.1) is 5.92 Å². The summed E-state index contributed by atoms with van der Waals surface area (Å²) in [4.78, 5) is 23.6. The molecular weight excluding hydrogens is 428 g/mol. The van der Waals surface area contributed by atoms with Crippen molar-refractivity contribution in [3.63, 3.8) is 0 Å². The van der Waals surface area contributed by atoms with Crippen LogP contribution in [-0.4, -0.2) is 40.2 Å². The highest BCUT2D eigenvalue weighted by molar-refractivity contribution is 8.00. The zero-order valence-corrected chi connectivity index (χ0v) is 18.7. The van der Waals surface area contributed by atoms with Crippen molar-refractivity contribution in [2.45, 2.75) is 55.5 Å².